The van der Waals surface area contributed by atoms with E-state index in [1.165, 1.54) is 37.7 Å². The molecule has 4 rings (SSSR count). The maximum atomic E-state index is 5.04. The Morgan fingerprint density at radius 2 is 1.89 bits per heavy atom. The number of hydrogen-bond donors (Lipinski definition) is 0. The van der Waals surface area contributed by atoms with Crippen LogP contribution in [0.25, 0.3) is 11.3 Å². The molecule has 3 aromatic rings. The van der Waals surface area contributed by atoms with Crippen LogP contribution in [0.5, 0.6) is 0 Å². The molecule has 0 amide bonds. The van der Waals surface area contributed by atoms with E-state index in [1.54, 1.807) is 17.5 Å². The molecule has 0 saturated heterocycles. The predicted molar refractivity (Wildman–Crippen MR) is 112 cm³/mol. The molecule has 1 fully saturated rings. The van der Waals surface area contributed by atoms with Gasteiger partial charge < -0.3 is 0 Å². The third kappa shape index (κ3) is 4.42. The van der Waals surface area contributed by atoms with Crippen LogP contribution < -0.4 is 4.80 Å². The second kappa shape index (κ2) is 8.44. The largest absolute Gasteiger partial charge is 0.255 e. The molecule has 2 aromatic heterocycles. The number of hydrogen-bond acceptors (Lipinski definition) is 4. The first-order valence-electron chi connectivity index (χ1n) is 9.56. The van der Waals surface area contributed by atoms with Crippen LogP contribution in [-0.4, -0.2) is 21.9 Å². The fourth-order valence-corrected chi connectivity index (χ4v) is 4.27. The van der Waals surface area contributed by atoms with Crippen molar-refractivity contribution in [3.05, 3.63) is 70.1 Å². The second-order valence-corrected chi connectivity index (χ2v) is 7.84. The molecule has 138 valence electrons. The normalized spacial score (nSPS) is 16.3. The van der Waals surface area contributed by atoms with Gasteiger partial charge in [-0.25, -0.2) is 4.68 Å². The molecule has 0 bridgehead atoms. The first-order valence-corrected chi connectivity index (χ1v) is 10.4. The molecule has 0 unspecified atom stereocenters. The second-order valence-electron chi connectivity index (χ2n) is 7.00. The lowest BCUT2D eigenvalue weighted by Crippen LogP contribution is -2.19. The van der Waals surface area contributed by atoms with Gasteiger partial charge in [0.1, 0.15) is 0 Å². The van der Waals surface area contributed by atoms with Crippen LogP contribution in [-0.2, 0) is 0 Å². The summed E-state index contributed by atoms with van der Waals surface area (Å²) in [6, 6.07) is 14.8. The predicted octanol–water partition coefficient (Wildman–Crippen LogP) is 5.04. The summed E-state index contributed by atoms with van der Waals surface area (Å²) in [7, 11) is 0. The average molecular weight is 377 g/mol. The lowest BCUT2D eigenvalue weighted by molar-refractivity contribution is 0.435. The van der Waals surface area contributed by atoms with Crippen LogP contribution in [0.15, 0.2) is 64.1 Å². The molecule has 4 nitrogen and oxygen atoms in total. The van der Waals surface area contributed by atoms with E-state index in [-0.39, 0.29) is 0 Å². The summed E-state index contributed by atoms with van der Waals surface area (Å²) in [5.41, 5.74) is 4.32. The Labute approximate surface area is 164 Å². The number of thiazole rings is 1. The third-order valence-electron chi connectivity index (χ3n) is 4.89. The Morgan fingerprint density at radius 1 is 1.07 bits per heavy atom. The summed E-state index contributed by atoms with van der Waals surface area (Å²) in [6.07, 6.45) is 9.85. The monoisotopic (exact) mass is 376 g/mol. The van der Waals surface area contributed by atoms with Crippen molar-refractivity contribution in [1.82, 2.24) is 9.66 Å². The molecule has 1 aromatic carbocycles. The fraction of sp³-hybridized carbons (Fsp3) is 0.318. The van der Waals surface area contributed by atoms with Crippen LogP contribution in [0.3, 0.4) is 0 Å². The zero-order chi connectivity index (χ0) is 18.5. The summed E-state index contributed by atoms with van der Waals surface area (Å²) >= 11 is 1.67. The highest BCUT2D eigenvalue weighted by molar-refractivity contribution is 7.07. The molecule has 0 radical (unpaired) electrons. The summed E-state index contributed by atoms with van der Waals surface area (Å²) in [5, 5.41) is 6.90. The van der Waals surface area contributed by atoms with Crippen molar-refractivity contribution in [1.29, 1.82) is 0 Å². The maximum Gasteiger partial charge on any atom is 0.206 e. The van der Waals surface area contributed by atoms with Gasteiger partial charge >= 0.3 is 0 Å². The van der Waals surface area contributed by atoms with Crippen molar-refractivity contribution < 1.29 is 0 Å². The van der Waals surface area contributed by atoms with Crippen molar-refractivity contribution in [3.63, 3.8) is 0 Å². The molecule has 27 heavy (non-hydrogen) atoms. The first-order chi connectivity index (χ1) is 13.3. The Kier molecular flexibility index (Phi) is 5.58. The van der Waals surface area contributed by atoms with Crippen molar-refractivity contribution >= 4 is 17.6 Å². The van der Waals surface area contributed by atoms with Gasteiger partial charge in [0.15, 0.2) is 0 Å². The van der Waals surface area contributed by atoms with E-state index in [1.807, 2.05) is 29.1 Å². The number of aryl methyl sites for hydroxylation is 1. The molecule has 0 spiro atoms. The van der Waals surface area contributed by atoms with Gasteiger partial charge in [-0.3, -0.25) is 9.98 Å². The van der Waals surface area contributed by atoms with Gasteiger partial charge in [-0.05, 0) is 31.9 Å². The summed E-state index contributed by atoms with van der Waals surface area (Å²) < 4.78 is 1.97. The molecule has 0 aliphatic heterocycles. The van der Waals surface area contributed by atoms with Crippen LogP contribution in [0.1, 0.15) is 43.4 Å². The van der Waals surface area contributed by atoms with E-state index in [4.69, 9.17) is 10.1 Å². The minimum absolute atomic E-state index is 0.416. The highest BCUT2D eigenvalue weighted by Crippen LogP contribution is 2.23. The first kappa shape index (κ1) is 17.9. The molecule has 0 N–H and O–H groups in total. The minimum Gasteiger partial charge on any atom is -0.255 e. The van der Waals surface area contributed by atoms with Crippen LogP contribution >= 0.6 is 11.3 Å². The number of benzene rings is 1. The average Bonchev–Trinajstić information content (AvgIpc) is 3.11. The van der Waals surface area contributed by atoms with Crippen molar-refractivity contribution in [2.24, 2.45) is 10.1 Å². The Hall–Kier alpha value is -2.53. The van der Waals surface area contributed by atoms with E-state index >= 15 is 0 Å². The topological polar surface area (TPSA) is 42.5 Å². The van der Waals surface area contributed by atoms with Crippen molar-refractivity contribution in [2.75, 3.05) is 0 Å². The van der Waals surface area contributed by atoms with E-state index < -0.39 is 0 Å². The zero-order valence-corrected chi connectivity index (χ0v) is 16.4. The summed E-state index contributed by atoms with van der Waals surface area (Å²) in [5.74, 6) is 0. The Balaban J connectivity index is 1.76. The van der Waals surface area contributed by atoms with Crippen LogP contribution in [0, 0.1) is 6.92 Å². The van der Waals surface area contributed by atoms with Gasteiger partial charge in [-0.2, -0.15) is 5.10 Å². The number of pyridine rings is 1. The maximum absolute atomic E-state index is 5.04. The zero-order valence-electron chi connectivity index (χ0n) is 15.6. The summed E-state index contributed by atoms with van der Waals surface area (Å²) in [6.45, 7) is 2.11. The van der Waals surface area contributed by atoms with Gasteiger partial charge in [-0.1, -0.05) is 55.2 Å². The highest BCUT2D eigenvalue weighted by atomic mass is 32.1. The SMILES string of the molecule is Cc1ccc(-c2csc(=NC3CCCCC3)n2N=Cc2ccccn2)cc1. The Morgan fingerprint density at radius 3 is 2.63 bits per heavy atom. The molecular weight excluding hydrogens is 352 g/mol. The van der Waals surface area contributed by atoms with Crippen molar-refractivity contribution in [3.8, 4) is 11.3 Å². The van der Waals surface area contributed by atoms with Crippen LogP contribution in [0.4, 0.5) is 0 Å². The molecule has 1 aliphatic carbocycles. The van der Waals surface area contributed by atoms with Gasteiger partial charge in [0.05, 0.1) is 23.6 Å². The van der Waals surface area contributed by atoms with Crippen molar-refractivity contribution in [2.45, 2.75) is 45.1 Å². The van der Waals surface area contributed by atoms with E-state index in [9.17, 15) is 0 Å². The van der Waals surface area contributed by atoms with E-state index in [0.29, 0.717) is 6.04 Å². The van der Waals surface area contributed by atoms with E-state index in [2.05, 4.69) is 41.6 Å². The molecular formula is C22H24N4S. The molecule has 0 atom stereocenters. The molecule has 1 aliphatic rings. The molecule has 2 heterocycles. The fourth-order valence-electron chi connectivity index (χ4n) is 3.36. The van der Waals surface area contributed by atoms with Gasteiger partial charge in [-0.15, -0.1) is 11.3 Å². The third-order valence-corrected chi connectivity index (χ3v) is 5.72. The summed E-state index contributed by atoms with van der Waals surface area (Å²) in [4.78, 5) is 10.4. The number of nitrogens with zero attached hydrogens (tertiary/aromatic N) is 4. The van der Waals surface area contributed by atoms with E-state index in [0.717, 1.165) is 21.8 Å². The van der Waals surface area contributed by atoms with Gasteiger partial charge in [0.25, 0.3) is 0 Å². The standard InChI is InChI=1S/C22H24N4S/c1-17-10-12-18(13-11-17)21-16-27-22(25-19-7-3-2-4-8-19)26(21)24-15-20-9-5-6-14-23-20/h5-6,9-16,19H,2-4,7-8H2,1H3. The molecule has 5 heteroatoms. The van der Waals surface area contributed by atoms with Gasteiger partial charge in [0, 0.05) is 17.1 Å². The Bertz CT molecular complexity index is 962. The lowest BCUT2D eigenvalue weighted by Gasteiger charge is -2.16. The lowest BCUT2D eigenvalue weighted by atomic mass is 9.96. The smallest absolute Gasteiger partial charge is 0.206 e. The van der Waals surface area contributed by atoms with Crippen LogP contribution in [0.2, 0.25) is 0 Å². The number of aromatic nitrogens is 2. The van der Waals surface area contributed by atoms with Gasteiger partial charge in [0.2, 0.25) is 4.80 Å². The quantitative estimate of drug-likeness (QED) is 0.589. The minimum atomic E-state index is 0.416. The number of rotatable bonds is 4. The highest BCUT2D eigenvalue weighted by Gasteiger charge is 2.14. The molecule has 1 saturated carbocycles.